The highest BCUT2D eigenvalue weighted by atomic mass is 79.9. The number of fused-ring (bicyclic) bond motifs is 1. The number of rotatable bonds is 4. The van der Waals surface area contributed by atoms with Crippen LogP contribution < -0.4 is 4.74 Å². The normalized spacial score (nSPS) is 17.7. The van der Waals surface area contributed by atoms with E-state index in [1.807, 2.05) is 37.3 Å². The number of benzene rings is 2. The molecule has 0 spiro atoms. The summed E-state index contributed by atoms with van der Waals surface area (Å²) in [6.45, 7) is 2.04. The highest BCUT2D eigenvalue weighted by Gasteiger charge is 2.27. The first-order chi connectivity index (χ1) is 11.1. The fraction of sp³-hybridized carbons (Fsp3) is 0.211. The Hall–Kier alpha value is -1.94. The van der Waals surface area contributed by atoms with Gasteiger partial charge in [0.15, 0.2) is 0 Å². The van der Waals surface area contributed by atoms with E-state index in [4.69, 9.17) is 4.74 Å². The molecule has 23 heavy (non-hydrogen) atoms. The second-order valence-corrected chi connectivity index (χ2v) is 6.54. The van der Waals surface area contributed by atoms with Gasteiger partial charge in [0.1, 0.15) is 23.6 Å². The Bertz CT molecular complexity index is 770. The van der Waals surface area contributed by atoms with Crippen LogP contribution in [0, 0.1) is 5.82 Å². The van der Waals surface area contributed by atoms with Crippen LogP contribution in [0.25, 0.3) is 11.1 Å². The van der Waals surface area contributed by atoms with Gasteiger partial charge in [-0.2, -0.15) is 0 Å². The number of allylic oxidation sites excluding steroid dienone is 2. The maximum atomic E-state index is 13.6. The molecule has 0 bridgehead atoms. The predicted molar refractivity (Wildman–Crippen MR) is 92.4 cm³/mol. The predicted octanol–water partition coefficient (Wildman–Crippen LogP) is 5.23. The Kier molecular flexibility index (Phi) is 4.62. The number of aldehydes is 1. The zero-order chi connectivity index (χ0) is 16.4. The topological polar surface area (TPSA) is 26.3 Å². The highest BCUT2D eigenvalue weighted by Crippen LogP contribution is 2.41. The highest BCUT2D eigenvalue weighted by molar-refractivity contribution is 9.09. The first-order valence-corrected chi connectivity index (χ1v) is 8.43. The van der Waals surface area contributed by atoms with Crippen LogP contribution in [0.3, 0.4) is 0 Å². The lowest BCUT2D eigenvalue weighted by Crippen LogP contribution is -2.17. The van der Waals surface area contributed by atoms with Crippen molar-refractivity contribution in [2.75, 3.05) is 0 Å². The minimum atomic E-state index is -0.403. The SMILES string of the molecule is CCC(Br)C1=CC(C=O)c2c(cccc2-c2cccc(F)c2)O1. The molecule has 1 aliphatic heterocycles. The quantitative estimate of drug-likeness (QED) is 0.541. The lowest BCUT2D eigenvalue weighted by Gasteiger charge is -2.26. The van der Waals surface area contributed by atoms with Gasteiger partial charge in [-0.15, -0.1) is 0 Å². The fourth-order valence-electron chi connectivity index (χ4n) is 2.78. The number of carbonyl (C=O) groups excluding carboxylic acids is 1. The largest absolute Gasteiger partial charge is 0.460 e. The van der Waals surface area contributed by atoms with Gasteiger partial charge >= 0.3 is 0 Å². The molecule has 0 N–H and O–H groups in total. The molecule has 1 aliphatic rings. The molecule has 118 valence electrons. The smallest absolute Gasteiger partial charge is 0.131 e. The van der Waals surface area contributed by atoms with Crippen LogP contribution in [0.2, 0.25) is 0 Å². The Balaban J connectivity index is 2.12. The molecule has 0 saturated heterocycles. The third kappa shape index (κ3) is 3.08. The Morgan fingerprint density at radius 1 is 1.30 bits per heavy atom. The zero-order valence-corrected chi connectivity index (χ0v) is 14.2. The Morgan fingerprint density at radius 2 is 2.09 bits per heavy atom. The number of carbonyl (C=O) groups is 1. The molecule has 2 aromatic carbocycles. The lowest BCUT2D eigenvalue weighted by atomic mass is 9.88. The van der Waals surface area contributed by atoms with Crippen LogP contribution >= 0.6 is 15.9 Å². The average molecular weight is 375 g/mol. The molecule has 1 heterocycles. The Morgan fingerprint density at radius 3 is 2.78 bits per heavy atom. The van der Waals surface area contributed by atoms with Crippen LogP contribution in [0.5, 0.6) is 5.75 Å². The van der Waals surface area contributed by atoms with Crippen molar-refractivity contribution < 1.29 is 13.9 Å². The monoisotopic (exact) mass is 374 g/mol. The van der Waals surface area contributed by atoms with Gasteiger partial charge in [0.05, 0.1) is 10.7 Å². The van der Waals surface area contributed by atoms with Crippen LogP contribution in [-0.4, -0.2) is 11.1 Å². The summed E-state index contributed by atoms with van der Waals surface area (Å²) in [5.74, 6) is 0.690. The van der Waals surface area contributed by atoms with E-state index in [0.29, 0.717) is 5.75 Å². The molecule has 4 heteroatoms. The maximum absolute atomic E-state index is 13.6. The summed E-state index contributed by atoms with van der Waals surface area (Å²) < 4.78 is 19.5. The second kappa shape index (κ2) is 6.67. The first kappa shape index (κ1) is 15.9. The summed E-state index contributed by atoms with van der Waals surface area (Å²) in [6.07, 6.45) is 3.59. The molecule has 3 rings (SSSR count). The maximum Gasteiger partial charge on any atom is 0.131 e. The van der Waals surface area contributed by atoms with Gasteiger partial charge < -0.3 is 9.53 Å². The van der Waals surface area contributed by atoms with Crippen molar-refractivity contribution in [2.24, 2.45) is 0 Å². The van der Waals surface area contributed by atoms with Crippen molar-refractivity contribution in [3.05, 3.63) is 65.7 Å². The average Bonchev–Trinajstić information content (AvgIpc) is 2.59. The molecule has 0 saturated carbocycles. The molecular weight excluding hydrogens is 359 g/mol. The number of hydrogen-bond donors (Lipinski definition) is 0. The van der Waals surface area contributed by atoms with E-state index in [9.17, 15) is 9.18 Å². The van der Waals surface area contributed by atoms with E-state index < -0.39 is 5.92 Å². The number of hydrogen-bond acceptors (Lipinski definition) is 2. The van der Waals surface area contributed by atoms with E-state index >= 15 is 0 Å². The summed E-state index contributed by atoms with van der Waals surface area (Å²) in [6, 6.07) is 12.0. The number of halogens is 2. The first-order valence-electron chi connectivity index (χ1n) is 7.51. The van der Waals surface area contributed by atoms with Gasteiger partial charge in [0.2, 0.25) is 0 Å². The van der Waals surface area contributed by atoms with E-state index in [1.54, 1.807) is 6.07 Å². The van der Waals surface area contributed by atoms with Crippen molar-refractivity contribution in [1.82, 2.24) is 0 Å². The van der Waals surface area contributed by atoms with Crippen molar-refractivity contribution in [3.63, 3.8) is 0 Å². The third-order valence-corrected chi connectivity index (χ3v) is 5.02. The molecule has 0 aliphatic carbocycles. The minimum absolute atomic E-state index is 0.0657. The van der Waals surface area contributed by atoms with Crippen LogP contribution in [0.15, 0.2) is 54.3 Å². The molecular formula is C19H16BrFO2. The molecule has 2 nitrogen and oxygen atoms in total. The van der Waals surface area contributed by atoms with E-state index in [0.717, 1.165) is 35.2 Å². The van der Waals surface area contributed by atoms with Crippen LogP contribution in [-0.2, 0) is 4.79 Å². The standard InChI is InChI=1S/C19H16BrFO2/c1-2-16(20)18-10-13(11-22)19-15(7-4-8-17(19)23-18)12-5-3-6-14(21)9-12/h3-11,13,16H,2H2,1H3. The summed E-state index contributed by atoms with van der Waals surface area (Å²) >= 11 is 3.56. The molecule has 2 aromatic rings. The molecule has 0 radical (unpaired) electrons. The van der Waals surface area contributed by atoms with Crippen LogP contribution in [0.1, 0.15) is 24.8 Å². The van der Waals surface area contributed by atoms with Crippen molar-refractivity contribution in [3.8, 4) is 16.9 Å². The van der Waals surface area contributed by atoms with E-state index in [1.165, 1.54) is 12.1 Å². The molecule has 0 aromatic heterocycles. The van der Waals surface area contributed by atoms with Crippen molar-refractivity contribution in [2.45, 2.75) is 24.1 Å². The summed E-state index contributed by atoms with van der Waals surface area (Å²) in [5, 5.41) is 0. The van der Waals surface area contributed by atoms with Gasteiger partial charge in [-0.25, -0.2) is 4.39 Å². The van der Waals surface area contributed by atoms with Crippen LogP contribution in [0.4, 0.5) is 4.39 Å². The molecule has 0 fully saturated rings. The Labute approximate surface area is 143 Å². The second-order valence-electron chi connectivity index (χ2n) is 5.44. The zero-order valence-electron chi connectivity index (χ0n) is 12.6. The van der Waals surface area contributed by atoms with Gasteiger partial charge in [-0.1, -0.05) is 47.1 Å². The van der Waals surface area contributed by atoms with Gasteiger partial charge in [0.25, 0.3) is 0 Å². The van der Waals surface area contributed by atoms with Gasteiger partial charge in [-0.3, -0.25) is 0 Å². The van der Waals surface area contributed by atoms with E-state index in [2.05, 4.69) is 15.9 Å². The van der Waals surface area contributed by atoms with Gasteiger partial charge in [0, 0.05) is 5.56 Å². The lowest BCUT2D eigenvalue weighted by molar-refractivity contribution is -0.108. The fourth-order valence-corrected chi connectivity index (χ4v) is 3.03. The summed E-state index contributed by atoms with van der Waals surface area (Å²) in [4.78, 5) is 11.7. The number of ether oxygens (including phenoxy) is 1. The molecule has 2 atom stereocenters. The van der Waals surface area contributed by atoms with E-state index in [-0.39, 0.29) is 10.6 Å². The number of alkyl halides is 1. The summed E-state index contributed by atoms with van der Waals surface area (Å²) in [5.41, 5.74) is 2.34. The van der Waals surface area contributed by atoms with Gasteiger partial charge in [-0.05, 0) is 41.8 Å². The van der Waals surface area contributed by atoms with Crippen molar-refractivity contribution in [1.29, 1.82) is 0 Å². The third-order valence-electron chi connectivity index (χ3n) is 3.92. The minimum Gasteiger partial charge on any atom is -0.460 e. The van der Waals surface area contributed by atoms with Crippen molar-refractivity contribution >= 4 is 22.2 Å². The molecule has 0 amide bonds. The summed E-state index contributed by atoms with van der Waals surface area (Å²) in [7, 11) is 0. The molecule has 2 unspecified atom stereocenters.